The molecule has 2 aliphatic heterocycles. The molecule has 2 fully saturated rings. The van der Waals surface area contributed by atoms with Crippen LogP contribution in [0.2, 0.25) is 0 Å². The molecule has 2 rings (SSSR count). The lowest BCUT2D eigenvalue weighted by Crippen LogP contribution is -2.60. The highest BCUT2D eigenvalue weighted by Crippen LogP contribution is 2.24. The number of nitrogens with one attached hydrogen (secondary N) is 1. The Morgan fingerprint density at radius 3 is 2.68 bits per heavy atom. The zero-order valence-electron chi connectivity index (χ0n) is 11.9. The zero-order valence-corrected chi connectivity index (χ0v) is 13.6. The summed E-state index contributed by atoms with van der Waals surface area (Å²) in [6.07, 6.45) is 4.56. The molecule has 1 N–H and O–H groups in total. The van der Waals surface area contributed by atoms with Gasteiger partial charge in [-0.2, -0.15) is 0 Å². The minimum atomic E-state index is 0. The molecule has 19 heavy (non-hydrogen) atoms. The third-order valence-electron chi connectivity index (χ3n) is 4.10. The smallest absolute Gasteiger partial charge is 0.224 e. The Morgan fingerprint density at radius 1 is 1.26 bits per heavy atom. The van der Waals surface area contributed by atoms with Gasteiger partial charge in [-0.15, -0.1) is 24.8 Å². The number of hydrogen-bond donors (Lipinski definition) is 1. The normalized spacial score (nSPS) is 26.9. The molecule has 0 aromatic rings. The lowest BCUT2D eigenvalue weighted by molar-refractivity contribution is -0.137. The van der Waals surface area contributed by atoms with Gasteiger partial charge < -0.3 is 10.2 Å². The third-order valence-corrected chi connectivity index (χ3v) is 4.10. The van der Waals surface area contributed by atoms with E-state index in [9.17, 15) is 4.79 Å². The van der Waals surface area contributed by atoms with E-state index < -0.39 is 0 Å². The van der Waals surface area contributed by atoms with Gasteiger partial charge in [0.05, 0.1) is 0 Å². The second-order valence-corrected chi connectivity index (χ2v) is 5.39. The maximum absolute atomic E-state index is 12.1. The predicted molar refractivity (Wildman–Crippen MR) is 83.4 cm³/mol. The van der Waals surface area contributed by atoms with E-state index in [4.69, 9.17) is 0 Å². The molecule has 0 aromatic heterocycles. The highest BCUT2D eigenvalue weighted by atomic mass is 35.5. The number of rotatable bonds is 3. The summed E-state index contributed by atoms with van der Waals surface area (Å²) in [4.78, 5) is 16.8. The van der Waals surface area contributed by atoms with E-state index in [1.807, 2.05) is 7.05 Å². The van der Waals surface area contributed by atoms with E-state index in [-0.39, 0.29) is 24.8 Å². The summed E-state index contributed by atoms with van der Waals surface area (Å²) >= 11 is 0. The number of piperidine rings is 1. The molecule has 2 heterocycles. The number of piperazine rings is 1. The fourth-order valence-corrected chi connectivity index (χ4v) is 3.08. The summed E-state index contributed by atoms with van der Waals surface area (Å²) in [5.41, 5.74) is 0. The van der Waals surface area contributed by atoms with Crippen LogP contribution in [-0.4, -0.2) is 61.0 Å². The van der Waals surface area contributed by atoms with Gasteiger partial charge in [0.1, 0.15) is 0 Å². The van der Waals surface area contributed by atoms with Crippen molar-refractivity contribution in [2.45, 2.75) is 44.7 Å². The molecule has 4 nitrogen and oxygen atoms in total. The molecule has 0 radical (unpaired) electrons. The Kier molecular flexibility index (Phi) is 8.99. The van der Waals surface area contributed by atoms with Crippen molar-refractivity contribution in [1.29, 1.82) is 0 Å². The van der Waals surface area contributed by atoms with E-state index in [1.165, 1.54) is 25.8 Å². The van der Waals surface area contributed by atoms with Gasteiger partial charge in [0.15, 0.2) is 0 Å². The van der Waals surface area contributed by atoms with Crippen LogP contribution in [0.5, 0.6) is 0 Å². The van der Waals surface area contributed by atoms with Crippen LogP contribution < -0.4 is 5.32 Å². The maximum atomic E-state index is 12.1. The molecule has 114 valence electrons. The van der Waals surface area contributed by atoms with Crippen molar-refractivity contribution in [3.8, 4) is 0 Å². The fourth-order valence-electron chi connectivity index (χ4n) is 3.08. The van der Waals surface area contributed by atoms with E-state index in [2.05, 4.69) is 22.0 Å². The second-order valence-electron chi connectivity index (χ2n) is 5.39. The van der Waals surface area contributed by atoms with Crippen molar-refractivity contribution in [3.63, 3.8) is 0 Å². The standard InChI is InChI=1S/C13H25N3O.2ClH/c1-11-9-15-8-4-3-5-12(15)10-16(11)13(17)6-7-14-2;;/h11-12,14H,3-10H2,1-2H3;2*1H. The van der Waals surface area contributed by atoms with Gasteiger partial charge in [0.2, 0.25) is 5.91 Å². The summed E-state index contributed by atoms with van der Waals surface area (Å²) in [5.74, 6) is 0.317. The predicted octanol–water partition coefficient (Wildman–Crippen LogP) is 1.52. The molecular formula is C13H27Cl2N3O. The topological polar surface area (TPSA) is 35.6 Å². The Morgan fingerprint density at radius 2 is 2.00 bits per heavy atom. The molecule has 0 spiro atoms. The Bertz CT molecular complexity index is 279. The van der Waals surface area contributed by atoms with Gasteiger partial charge >= 0.3 is 0 Å². The zero-order chi connectivity index (χ0) is 12.3. The van der Waals surface area contributed by atoms with Crippen LogP contribution in [0.1, 0.15) is 32.6 Å². The van der Waals surface area contributed by atoms with Gasteiger partial charge in [-0.25, -0.2) is 0 Å². The van der Waals surface area contributed by atoms with E-state index in [0.29, 0.717) is 24.4 Å². The van der Waals surface area contributed by atoms with Crippen LogP contribution in [0.15, 0.2) is 0 Å². The molecule has 0 aliphatic carbocycles. The first-order valence-corrected chi connectivity index (χ1v) is 6.90. The van der Waals surface area contributed by atoms with Crippen molar-refractivity contribution in [1.82, 2.24) is 15.1 Å². The SMILES string of the molecule is CNCCC(=O)N1CC2CCCCN2CC1C.Cl.Cl. The molecule has 2 aliphatic rings. The minimum absolute atomic E-state index is 0. The first-order valence-electron chi connectivity index (χ1n) is 6.90. The number of fused-ring (bicyclic) bond motifs is 1. The molecule has 0 bridgehead atoms. The Labute approximate surface area is 129 Å². The summed E-state index contributed by atoms with van der Waals surface area (Å²) in [6, 6.07) is 1.01. The summed E-state index contributed by atoms with van der Waals surface area (Å²) in [6.45, 7) is 6.21. The number of hydrogen-bond acceptors (Lipinski definition) is 3. The van der Waals surface area contributed by atoms with E-state index in [0.717, 1.165) is 19.6 Å². The number of halogens is 2. The van der Waals surface area contributed by atoms with Gasteiger partial charge in [-0.3, -0.25) is 9.69 Å². The van der Waals surface area contributed by atoms with E-state index >= 15 is 0 Å². The number of amides is 1. The number of carbonyl (C=O) groups excluding carboxylic acids is 1. The van der Waals surface area contributed by atoms with Gasteiger partial charge in [0.25, 0.3) is 0 Å². The third kappa shape index (κ3) is 4.78. The van der Waals surface area contributed by atoms with Crippen LogP contribution in [0.25, 0.3) is 0 Å². The van der Waals surface area contributed by atoms with Crippen molar-refractivity contribution in [2.24, 2.45) is 0 Å². The lowest BCUT2D eigenvalue weighted by Gasteiger charge is -2.47. The largest absolute Gasteiger partial charge is 0.337 e. The minimum Gasteiger partial charge on any atom is -0.337 e. The van der Waals surface area contributed by atoms with Crippen molar-refractivity contribution in [3.05, 3.63) is 0 Å². The number of nitrogens with zero attached hydrogens (tertiary/aromatic N) is 2. The van der Waals surface area contributed by atoms with Crippen LogP contribution in [0, 0.1) is 0 Å². The van der Waals surface area contributed by atoms with E-state index in [1.54, 1.807) is 0 Å². The molecule has 2 unspecified atom stereocenters. The van der Waals surface area contributed by atoms with Crippen LogP contribution in [0.4, 0.5) is 0 Å². The molecule has 2 saturated heterocycles. The molecule has 0 saturated carbocycles. The lowest BCUT2D eigenvalue weighted by atomic mass is 9.97. The van der Waals surface area contributed by atoms with Crippen LogP contribution >= 0.6 is 24.8 Å². The Balaban J connectivity index is 0.00000162. The average Bonchev–Trinajstić information content (AvgIpc) is 2.35. The second kappa shape index (κ2) is 9.01. The van der Waals surface area contributed by atoms with Gasteiger partial charge in [-0.05, 0) is 33.4 Å². The fraction of sp³-hybridized carbons (Fsp3) is 0.923. The molecule has 2 atom stereocenters. The summed E-state index contributed by atoms with van der Waals surface area (Å²) in [5, 5.41) is 3.05. The van der Waals surface area contributed by atoms with Gasteiger partial charge in [-0.1, -0.05) is 6.42 Å². The van der Waals surface area contributed by atoms with Crippen LogP contribution in [0.3, 0.4) is 0 Å². The number of carbonyl (C=O) groups is 1. The van der Waals surface area contributed by atoms with Crippen LogP contribution in [-0.2, 0) is 4.79 Å². The van der Waals surface area contributed by atoms with Crippen molar-refractivity contribution < 1.29 is 4.79 Å². The highest BCUT2D eigenvalue weighted by Gasteiger charge is 2.34. The Hall–Kier alpha value is -0.0300. The highest BCUT2D eigenvalue weighted by molar-refractivity contribution is 5.85. The molecule has 0 aromatic carbocycles. The molecule has 1 amide bonds. The quantitative estimate of drug-likeness (QED) is 0.858. The first kappa shape index (κ1) is 19.0. The summed E-state index contributed by atoms with van der Waals surface area (Å²) < 4.78 is 0. The van der Waals surface area contributed by atoms with Gasteiger partial charge in [0, 0.05) is 38.1 Å². The summed E-state index contributed by atoms with van der Waals surface area (Å²) in [7, 11) is 1.90. The van der Waals surface area contributed by atoms with Crippen molar-refractivity contribution >= 4 is 30.7 Å². The average molecular weight is 312 g/mol. The molecule has 6 heteroatoms. The molecular weight excluding hydrogens is 285 g/mol. The monoisotopic (exact) mass is 311 g/mol. The maximum Gasteiger partial charge on any atom is 0.224 e. The first-order chi connectivity index (χ1) is 8.22. The van der Waals surface area contributed by atoms with Crippen molar-refractivity contribution in [2.75, 3.05) is 33.2 Å².